The molecule has 3 rings (SSSR count). The van der Waals surface area contributed by atoms with Crippen LogP contribution in [0.3, 0.4) is 0 Å². The third-order valence-electron chi connectivity index (χ3n) is 6.44. The molecule has 0 amide bonds. The first-order valence-corrected chi connectivity index (χ1v) is 14.9. The predicted molar refractivity (Wildman–Crippen MR) is 152 cm³/mol. The van der Waals surface area contributed by atoms with Gasteiger partial charge in [0, 0.05) is 10.7 Å². The summed E-state index contributed by atoms with van der Waals surface area (Å²) in [4.78, 5) is 11.4. The number of hydrogen-bond acceptors (Lipinski definition) is 4. The molecule has 2 unspecified atom stereocenters. The van der Waals surface area contributed by atoms with E-state index in [1.54, 1.807) is 0 Å². The number of hydrogen-bond donors (Lipinski definition) is 2. The summed E-state index contributed by atoms with van der Waals surface area (Å²) in [6.07, 6.45) is 4.63. The van der Waals surface area contributed by atoms with Gasteiger partial charge in [0.1, 0.15) is 5.25 Å². The smallest absolute Gasteiger partial charge is 0.317 e. The molecular formula is C29H34O2S3. The maximum atomic E-state index is 11.4. The Bertz CT molecular complexity index is 883. The van der Waals surface area contributed by atoms with Crippen molar-refractivity contribution in [2.75, 3.05) is 5.75 Å². The van der Waals surface area contributed by atoms with Crippen LogP contribution in [-0.4, -0.2) is 27.3 Å². The Balaban J connectivity index is 1.91. The minimum absolute atomic E-state index is 0.235. The Morgan fingerprint density at radius 2 is 1.29 bits per heavy atom. The van der Waals surface area contributed by atoms with Crippen molar-refractivity contribution >= 4 is 40.2 Å². The number of thioether (sulfide) groups is 1. The third-order valence-corrected chi connectivity index (χ3v) is 9.17. The Morgan fingerprint density at radius 3 is 1.68 bits per heavy atom. The molecule has 3 aromatic carbocycles. The first kappa shape index (κ1) is 26.8. The molecule has 0 radical (unpaired) electrons. The van der Waals surface area contributed by atoms with Gasteiger partial charge in [-0.15, -0.1) is 11.7 Å². The first-order valence-electron chi connectivity index (χ1n) is 11.9. The average molecular weight is 511 g/mol. The highest BCUT2D eigenvalue weighted by Crippen LogP contribution is 2.44. The van der Waals surface area contributed by atoms with Gasteiger partial charge < -0.3 is 5.11 Å². The third kappa shape index (κ3) is 6.87. The monoisotopic (exact) mass is 510 g/mol. The summed E-state index contributed by atoms with van der Waals surface area (Å²) < 4.78 is 0. The van der Waals surface area contributed by atoms with Gasteiger partial charge in [-0.3, -0.25) is 4.79 Å². The van der Waals surface area contributed by atoms with E-state index >= 15 is 0 Å². The molecule has 1 N–H and O–H groups in total. The standard InChI is InChI=1S/C29H34O2S3/c1-2-33-26(19-12-20-27(34-32)28(30)31)21-22-29(23-13-6-3-7-14-23,24-15-8-4-9-16-24)25-17-10-5-11-18-25/h3-11,13-18,26-27,32H,2,12,19-22H2,1H3,(H,30,31). The molecule has 0 spiro atoms. The molecular weight excluding hydrogens is 477 g/mol. The predicted octanol–water partition coefficient (Wildman–Crippen LogP) is 8.12. The minimum Gasteiger partial charge on any atom is -0.480 e. The highest BCUT2D eigenvalue weighted by molar-refractivity contribution is 8.69. The van der Waals surface area contributed by atoms with Gasteiger partial charge in [0.05, 0.1) is 0 Å². The maximum Gasteiger partial charge on any atom is 0.317 e. The van der Waals surface area contributed by atoms with Crippen LogP contribution < -0.4 is 0 Å². The van der Waals surface area contributed by atoms with E-state index in [1.807, 2.05) is 11.8 Å². The van der Waals surface area contributed by atoms with Crippen LogP contribution in [-0.2, 0) is 10.2 Å². The largest absolute Gasteiger partial charge is 0.480 e. The summed E-state index contributed by atoms with van der Waals surface area (Å²) in [5.74, 6) is 0.291. The van der Waals surface area contributed by atoms with Gasteiger partial charge in [-0.25, -0.2) is 0 Å². The summed E-state index contributed by atoms with van der Waals surface area (Å²) >= 11 is 6.15. The van der Waals surface area contributed by atoms with E-state index in [0.717, 1.165) is 42.2 Å². The maximum absolute atomic E-state index is 11.4. The lowest BCUT2D eigenvalue weighted by molar-refractivity contribution is -0.136. The first-order chi connectivity index (χ1) is 16.6. The van der Waals surface area contributed by atoms with Crippen molar-refractivity contribution in [2.45, 2.75) is 54.9 Å². The van der Waals surface area contributed by atoms with Crippen LogP contribution in [0, 0.1) is 0 Å². The van der Waals surface area contributed by atoms with Crippen molar-refractivity contribution in [3.8, 4) is 0 Å². The summed E-state index contributed by atoms with van der Waals surface area (Å²) in [6, 6.07) is 32.6. The number of benzene rings is 3. The zero-order valence-corrected chi connectivity index (χ0v) is 22.2. The molecule has 34 heavy (non-hydrogen) atoms. The number of carbonyl (C=O) groups is 1. The Hall–Kier alpha value is -1.82. The number of carboxylic acid groups (broad SMARTS) is 1. The van der Waals surface area contributed by atoms with Crippen LogP contribution in [0.4, 0.5) is 0 Å². The highest BCUT2D eigenvalue weighted by atomic mass is 33.1. The molecule has 2 nitrogen and oxygen atoms in total. The molecule has 0 saturated carbocycles. The quantitative estimate of drug-likeness (QED) is 0.130. The lowest BCUT2D eigenvalue weighted by Crippen LogP contribution is -2.30. The molecule has 0 bridgehead atoms. The highest BCUT2D eigenvalue weighted by Gasteiger charge is 2.36. The van der Waals surface area contributed by atoms with E-state index in [0.29, 0.717) is 11.7 Å². The number of thiol groups is 1. The summed E-state index contributed by atoms with van der Waals surface area (Å²) in [5.41, 5.74) is 3.70. The Labute approximate surface area is 217 Å². The Morgan fingerprint density at radius 1 is 0.824 bits per heavy atom. The summed E-state index contributed by atoms with van der Waals surface area (Å²) in [7, 11) is 1.14. The molecule has 3 aromatic rings. The van der Waals surface area contributed by atoms with Crippen LogP contribution >= 0.6 is 34.2 Å². The van der Waals surface area contributed by atoms with Gasteiger partial charge in [-0.05, 0) is 48.1 Å². The number of rotatable bonds is 14. The summed E-state index contributed by atoms with van der Waals surface area (Å²) in [5, 5.41) is 9.40. The van der Waals surface area contributed by atoms with Gasteiger partial charge >= 0.3 is 5.97 Å². The molecule has 180 valence electrons. The number of carboxylic acids is 1. The van der Waals surface area contributed by atoms with E-state index in [1.165, 1.54) is 16.7 Å². The molecule has 2 atom stereocenters. The molecule has 0 heterocycles. The summed E-state index contributed by atoms with van der Waals surface area (Å²) in [6.45, 7) is 2.21. The van der Waals surface area contributed by atoms with Crippen molar-refractivity contribution in [2.24, 2.45) is 0 Å². The zero-order valence-electron chi connectivity index (χ0n) is 19.7. The second kappa shape index (κ2) is 13.9. The Kier molecular flexibility index (Phi) is 11.0. The van der Waals surface area contributed by atoms with Crippen molar-refractivity contribution in [1.82, 2.24) is 0 Å². The van der Waals surface area contributed by atoms with Crippen LogP contribution in [0.15, 0.2) is 91.0 Å². The SMILES string of the molecule is CCSC(CCCC(SS)C(=O)O)CCC(c1ccccc1)(c1ccccc1)c1ccccc1. The topological polar surface area (TPSA) is 37.3 Å². The van der Waals surface area contributed by atoms with Crippen LogP contribution in [0.5, 0.6) is 0 Å². The molecule has 0 aliphatic rings. The molecule has 0 saturated heterocycles. The molecule has 5 heteroatoms. The fraction of sp³-hybridized carbons (Fsp3) is 0.345. The molecule has 0 aromatic heterocycles. The van der Waals surface area contributed by atoms with E-state index in [9.17, 15) is 9.90 Å². The van der Waals surface area contributed by atoms with E-state index in [4.69, 9.17) is 0 Å². The van der Waals surface area contributed by atoms with E-state index in [2.05, 4.69) is 110 Å². The van der Waals surface area contributed by atoms with Gasteiger partial charge in [-0.2, -0.15) is 11.8 Å². The van der Waals surface area contributed by atoms with Gasteiger partial charge in [0.25, 0.3) is 0 Å². The fourth-order valence-corrected chi connectivity index (χ4v) is 6.82. The lowest BCUT2D eigenvalue weighted by atomic mass is 9.66. The van der Waals surface area contributed by atoms with Crippen molar-refractivity contribution in [3.63, 3.8) is 0 Å². The van der Waals surface area contributed by atoms with Gasteiger partial charge in [-0.1, -0.05) is 115 Å². The van der Waals surface area contributed by atoms with Crippen LogP contribution in [0.1, 0.15) is 55.7 Å². The van der Waals surface area contributed by atoms with Crippen molar-refractivity contribution in [1.29, 1.82) is 0 Å². The van der Waals surface area contributed by atoms with Crippen molar-refractivity contribution in [3.05, 3.63) is 108 Å². The molecule has 0 fully saturated rings. The minimum atomic E-state index is -0.768. The number of aliphatic carboxylic acids is 1. The van der Waals surface area contributed by atoms with E-state index < -0.39 is 11.2 Å². The normalized spacial score (nSPS) is 13.4. The second-order valence-electron chi connectivity index (χ2n) is 8.48. The fourth-order valence-electron chi connectivity index (χ4n) is 4.78. The van der Waals surface area contributed by atoms with Crippen LogP contribution in [0.2, 0.25) is 0 Å². The lowest BCUT2D eigenvalue weighted by Gasteiger charge is -2.37. The zero-order chi connectivity index (χ0) is 24.2. The second-order valence-corrected chi connectivity index (χ2v) is 11.5. The van der Waals surface area contributed by atoms with E-state index in [-0.39, 0.29) is 5.41 Å². The van der Waals surface area contributed by atoms with Gasteiger partial charge in [0.2, 0.25) is 0 Å². The van der Waals surface area contributed by atoms with Gasteiger partial charge in [0.15, 0.2) is 0 Å². The average Bonchev–Trinajstić information content (AvgIpc) is 2.88. The van der Waals surface area contributed by atoms with Crippen molar-refractivity contribution < 1.29 is 9.90 Å². The molecule has 0 aliphatic carbocycles. The molecule has 0 aliphatic heterocycles. The van der Waals surface area contributed by atoms with Crippen LogP contribution in [0.25, 0.3) is 0 Å².